The lowest BCUT2D eigenvalue weighted by molar-refractivity contribution is -0.137. The molecule has 6 heteroatoms. The van der Waals surface area contributed by atoms with Crippen LogP contribution in [0.25, 0.3) is 88.4 Å². The van der Waals surface area contributed by atoms with Crippen molar-refractivity contribution < 1.29 is 13.2 Å². The number of alkyl halides is 3. The maximum absolute atomic E-state index is 14.7. The Balaban J connectivity index is 1.39. The van der Waals surface area contributed by atoms with Crippen LogP contribution in [0.2, 0.25) is 0 Å². The molecular weight excluding hydrogens is 712 g/mol. The molecule has 0 spiro atoms. The van der Waals surface area contributed by atoms with Crippen molar-refractivity contribution in [3.8, 4) is 50.8 Å². The van der Waals surface area contributed by atoms with Crippen LogP contribution in [0.15, 0.2) is 176 Å². The summed E-state index contributed by atoms with van der Waals surface area (Å²) >= 11 is 0. The Hall–Kier alpha value is -7.36. The van der Waals surface area contributed by atoms with E-state index >= 15 is 0 Å². The molecule has 0 amide bonds. The van der Waals surface area contributed by atoms with Crippen LogP contribution in [0.4, 0.5) is 13.2 Å². The highest BCUT2D eigenvalue weighted by Crippen LogP contribution is 2.45. The smallest absolute Gasteiger partial charge is 0.308 e. The number of rotatable bonds is 5. The number of nitrogens with zero attached hydrogens (tertiary/aromatic N) is 3. The van der Waals surface area contributed by atoms with Gasteiger partial charge in [-0.05, 0) is 88.8 Å². The van der Waals surface area contributed by atoms with Gasteiger partial charge in [-0.2, -0.15) is 18.4 Å². The SMILES string of the molecule is Cc1cc(-c2c(-n3c4ccccc4c4ccc(-c5ccccc5)cc43)cc(C#N)cc2-n2c3ccccc3c3ccc(-c4ccccc4)cc32)cc(C(F)(F)F)c1. The summed E-state index contributed by atoms with van der Waals surface area (Å²) < 4.78 is 48.4. The van der Waals surface area contributed by atoms with Crippen LogP contribution in [-0.4, -0.2) is 9.13 Å². The van der Waals surface area contributed by atoms with Crippen molar-refractivity contribution in [3.63, 3.8) is 0 Å². The van der Waals surface area contributed by atoms with Gasteiger partial charge in [0.25, 0.3) is 0 Å². The maximum Gasteiger partial charge on any atom is 0.416 e. The summed E-state index contributed by atoms with van der Waals surface area (Å²) in [5.41, 5.74) is 9.85. The topological polar surface area (TPSA) is 33.6 Å². The van der Waals surface area contributed by atoms with Gasteiger partial charge in [-0.3, -0.25) is 0 Å². The lowest BCUT2D eigenvalue weighted by Crippen LogP contribution is -2.08. The number of nitriles is 1. The summed E-state index contributed by atoms with van der Waals surface area (Å²) in [6.07, 6.45) is -4.58. The normalized spacial score (nSPS) is 11.8. The van der Waals surface area contributed by atoms with E-state index < -0.39 is 11.7 Å². The van der Waals surface area contributed by atoms with E-state index in [-0.39, 0.29) is 0 Å². The molecule has 0 N–H and O–H groups in total. The summed E-state index contributed by atoms with van der Waals surface area (Å²) in [5, 5.41) is 14.7. The average Bonchev–Trinajstić information content (AvgIpc) is 3.75. The van der Waals surface area contributed by atoms with Crippen LogP contribution < -0.4 is 0 Å². The first-order valence-electron chi connectivity index (χ1n) is 18.7. The molecule has 0 aliphatic heterocycles. The van der Waals surface area contributed by atoms with E-state index in [1.165, 1.54) is 12.1 Å². The van der Waals surface area contributed by atoms with Crippen LogP contribution >= 0.6 is 0 Å². The number of aromatic nitrogens is 2. The van der Waals surface area contributed by atoms with Crippen LogP contribution in [0.1, 0.15) is 16.7 Å². The number of halogens is 3. The Bertz CT molecular complexity index is 3060. The van der Waals surface area contributed by atoms with Gasteiger partial charge in [-0.1, -0.05) is 127 Å². The number of fused-ring (bicyclic) bond motifs is 6. The molecule has 0 bridgehead atoms. The predicted octanol–water partition coefficient (Wildman–Crippen LogP) is 14.1. The Morgan fingerprint density at radius 3 is 1.37 bits per heavy atom. The van der Waals surface area contributed by atoms with Crippen molar-refractivity contribution in [2.75, 3.05) is 0 Å². The molecule has 10 aromatic rings. The third-order valence-electron chi connectivity index (χ3n) is 11.0. The minimum Gasteiger partial charge on any atom is -0.308 e. The first-order chi connectivity index (χ1) is 27.8. The molecule has 2 heterocycles. The minimum absolute atomic E-state index is 0.378. The Morgan fingerprint density at radius 2 is 0.895 bits per heavy atom. The van der Waals surface area contributed by atoms with Gasteiger partial charge in [0, 0.05) is 27.1 Å². The lowest BCUT2D eigenvalue weighted by atomic mass is 9.94. The highest BCUT2D eigenvalue weighted by Gasteiger charge is 2.32. The van der Waals surface area contributed by atoms with E-state index in [0.717, 1.165) is 65.9 Å². The highest BCUT2D eigenvalue weighted by atomic mass is 19.4. The Labute approximate surface area is 326 Å². The highest BCUT2D eigenvalue weighted by molar-refractivity contribution is 6.13. The molecule has 0 atom stereocenters. The van der Waals surface area contributed by atoms with E-state index in [1.54, 1.807) is 6.92 Å². The zero-order chi connectivity index (χ0) is 38.8. The second kappa shape index (κ2) is 13.1. The third-order valence-corrected chi connectivity index (χ3v) is 11.0. The average molecular weight is 744 g/mol. The lowest BCUT2D eigenvalue weighted by Gasteiger charge is -2.22. The molecule has 0 fully saturated rings. The Morgan fingerprint density at radius 1 is 0.439 bits per heavy atom. The van der Waals surface area contributed by atoms with Crippen molar-refractivity contribution in [1.29, 1.82) is 5.26 Å². The Kier molecular flexibility index (Phi) is 7.88. The van der Waals surface area contributed by atoms with E-state index in [1.807, 2.05) is 91.0 Å². The van der Waals surface area contributed by atoms with E-state index in [2.05, 4.69) is 88.0 Å². The van der Waals surface area contributed by atoms with Crippen LogP contribution in [-0.2, 0) is 6.18 Å². The molecule has 57 heavy (non-hydrogen) atoms. The van der Waals surface area contributed by atoms with Crippen LogP contribution in [0, 0.1) is 18.3 Å². The molecule has 10 rings (SSSR count). The standard InChI is InChI=1S/C51H32F3N3/c1-32-24-38(28-39(25-32)51(52,53)54)50-48(56-44-18-10-8-16-40(44)42-22-20-36(29-46(42)56)34-12-4-2-5-13-34)26-33(31-55)27-49(50)57-45-19-11-9-17-41(45)43-23-21-37(30-47(43)57)35-14-6-3-7-15-35/h2-30H,1H3. The van der Waals surface area contributed by atoms with Gasteiger partial charge >= 0.3 is 6.18 Å². The summed E-state index contributed by atoms with van der Waals surface area (Å²) in [4.78, 5) is 0. The largest absolute Gasteiger partial charge is 0.416 e. The molecule has 3 nitrogen and oxygen atoms in total. The van der Waals surface area contributed by atoms with Crippen molar-refractivity contribution in [2.24, 2.45) is 0 Å². The van der Waals surface area contributed by atoms with Gasteiger partial charge in [-0.15, -0.1) is 0 Å². The van der Waals surface area contributed by atoms with E-state index in [9.17, 15) is 18.4 Å². The van der Waals surface area contributed by atoms with Gasteiger partial charge in [0.1, 0.15) is 0 Å². The molecule has 0 saturated carbocycles. The molecule has 8 aromatic carbocycles. The van der Waals surface area contributed by atoms with Crippen molar-refractivity contribution in [1.82, 2.24) is 9.13 Å². The zero-order valence-corrected chi connectivity index (χ0v) is 30.7. The number of hydrogen-bond donors (Lipinski definition) is 0. The second-order valence-electron chi connectivity index (χ2n) is 14.5. The van der Waals surface area contributed by atoms with Crippen LogP contribution in [0.5, 0.6) is 0 Å². The van der Waals surface area contributed by atoms with Gasteiger partial charge in [0.15, 0.2) is 0 Å². The fraction of sp³-hybridized carbons (Fsp3) is 0.0392. The fourth-order valence-electron chi connectivity index (χ4n) is 8.50. The number of para-hydroxylation sites is 2. The number of aryl methyl sites for hydroxylation is 1. The molecule has 272 valence electrons. The van der Waals surface area contributed by atoms with Gasteiger partial charge in [-0.25, -0.2) is 0 Å². The first kappa shape index (κ1) is 34.2. The third kappa shape index (κ3) is 5.67. The summed E-state index contributed by atoms with van der Waals surface area (Å²) in [7, 11) is 0. The predicted molar refractivity (Wildman–Crippen MR) is 226 cm³/mol. The molecular formula is C51H32F3N3. The summed E-state index contributed by atoms with van der Waals surface area (Å²) in [5.74, 6) is 0. The molecule has 0 radical (unpaired) electrons. The van der Waals surface area contributed by atoms with E-state index in [4.69, 9.17) is 0 Å². The van der Waals surface area contributed by atoms with Crippen molar-refractivity contribution in [3.05, 3.63) is 193 Å². The molecule has 0 unspecified atom stereocenters. The van der Waals surface area contributed by atoms with Crippen molar-refractivity contribution in [2.45, 2.75) is 13.1 Å². The van der Waals surface area contributed by atoms with Gasteiger partial charge < -0.3 is 9.13 Å². The van der Waals surface area contributed by atoms with Crippen molar-refractivity contribution >= 4 is 43.6 Å². The monoisotopic (exact) mass is 743 g/mol. The van der Waals surface area contributed by atoms with Gasteiger partial charge in [0.05, 0.1) is 50.6 Å². The van der Waals surface area contributed by atoms with E-state index in [0.29, 0.717) is 33.6 Å². The summed E-state index contributed by atoms with van der Waals surface area (Å²) in [6.45, 7) is 1.70. The summed E-state index contributed by atoms with van der Waals surface area (Å²) in [6, 6.07) is 59.3. The number of hydrogen-bond acceptors (Lipinski definition) is 1. The first-order valence-corrected chi connectivity index (χ1v) is 18.7. The minimum atomic E-state index is -4.58. The molecule has 0 aliphatic rings. The quantitative estimate of drug-likeness (QED) is 0.173. The van der Waals surface area contributed by atoms with Gasteiger partial charge in [0.2, 0.25) is 0 Å². The fourth-order valence-corrected chi connectivity index (χ4v) is 8.50. The zero-order valence-electron chi connectivity index (χ0n) is 30.7. The number of benzene rings is 8. The van der Waals surface area contributed by atoms with Crippen LogP contribution in [0.3, 0.4) is 0 Å². The molecule has 2 aromatic heterocycles. The molecule has 0 saturated heterocycles. The second-order valence-corrected chi connectivity index (χ2v) is 14.5. The maximum atomic E-state index is 14.7. The molecule has 0 aliphatic carbocycles.